The number of nitrogens with zero attached hydrogens (tertiary/aromatic N) is 3. The molecule has 0 saturated carbocycles. The number of nitriles is 1. The van der Waals surface area contributed by atoms with Crippen LogP contribution in [-0.2, 0) is 6.42 Å². The Balaban J connectivity index is 2.06. The Kier molecular flexibility index (Phi) is 2.45. The van der Waals surface area contributed by atoms with Crippen LogP contribution in [-0.4, -0.2) is 11.5 Å². The third kappa shape index (κ3) is 1.70. The van der Waals surface area contributed by atoms with Crippen molar-refractivity contribution in [3.63, 3.8) is 0 Å². The lowest BCUT2D eigenvalue weighted by Crippen LogP contribution is -2.14. The van der Waals surface area contributed by atoms with Crippen LogP contribution in [0.1, 0.15) is 11.1 Å². The fourth-order valence-corrected chi connectivity index (χ4v) is 2.23. The number of halogens is 1. The number of hydrogen-bond acceptors (Lipinski definition) is 3. The molecule has 0 spiro atoms. The van der Waals surface area contributed by atoms with Crippen molar-refractivity contribution in [3.05, 3.63) is 53.5 Å². The van der Waals surface area contributed by atoms with E-state index in [0.717, 1.165) is 24.2 Å². The van der Waals surface area contributed by atoms with Gasteiger partial charge >= 0.3 is 0 Å². The van der Waals surface area contributed by atoms with E-state index in [0.29, 0.717) is 11.4 Å². The van der Waals surface area contributed by atoms with Gasteiger partial charge in [0.25, 0.3) is 0 Å². The summed E-state index contributed by atoms with van der Waals surface area (Å²) in [5.74, 6) is 0.440. The van der Waals surface area contributed by atoms with Gasteiger partial charge in [-0.05, 0) is 36.2 Å². The van der Waals surface area contributed by atoms with Crippen LogP contribution >= 0.6 is 0 Å². The second kappa shape index (κ2) is 4.11. The molecule has 0 saturated heterocycles. The van der Waals surface area contributed by atoms with E-state index in [-0.39, 0.29) is 5.82 Å². The standard InChI is InChI=1S/C14H10FN3/c15-12-2-1-11-4-6-18(13(11)8-12)14-7-10(9-16)3-5-17-14/h1-3,5,7-8H,4,6H2. The molecular formula is C14H10FN3. The lowest BCUT2D eigenvalue weighted by molar-refractivity contribution is 0.628. The second-order valence-electron chi connectivity index (χ2n) is 4.19. The number of aromatic nitrogens is 1. The van der Waals surface area contributed by atoms with Crippen LogP contribution in [0.15, 0.2) is 36.5 Å². The van der Waals surface area contributed by atoms with E-state index < -0.39 is 0 Å². The molecule has 3 nitrogen and oxygen atoms in total. The van der Waals surface area contributed by atoms with Gasteiger partial charge in [0.1, 0.15) is 11.6 Å². The highest BCUT2D eigenvalue weighted by Crippen LogP contribution is 2.33. The summed E-state index contributed by atoms with van der Waals surface area (Å²) in [5, 5.41) is 8.89. The molecule has 0 amide bonds. The number of hydrogen-bond donors (Lipinski definition) is 0. The Hall–Kier alpha value is -2.41. The summed E-state index contributed by atoms with van der Waals surface area (Å²) >= 11 is 0. The van der Waals surface area contributed by atoms with Crippen LogP contribution in [0.2, 0.25) is 0 Å². The third-order valence-electron chi connectivity index (χ3n) is 3.09. The van der Waals surface area contributed by atoms with Gasteiger partial charge in [0.2, 0.25) is 0 Å². The number of rotatable bonds is 1. The first-order valence-electron chi connectivity index (χ1n) is 5.70. The summed E-state index contributed by atoms with van der Waals surface area (Å²) in [5.41, 5.74) is 2.52. The van der Waals surface area contributed by atoms with Crippen LogP contribution in [0.3, 0.4) is 0 Å². The Morgan fingerprint density at radius 1 is 1.28 bits per heavy atom. The zero-order valence-electron chi connectivity index (χ0n) is 9.60. The molecule has 3 rings (SSSR count). The largest absolute Gasteiger partial charge is 0.326 e. The Morgan fingerprint density at radius 2 is 2.17 bits per heavy atom. The number of pyridine rings is 1. The first-order chi connectivity index (χ1) is 8.78. The number of anilines is 2. The first-order valence-corrected chi connectivity index (χ1v) is 5.70. The van der Waals surface area contributed by atoms with Gasteiger partial charge in [-0.25, -0.2) is 9.37 Å². The molecule has 0 atom stereocenters. The van der Waals surface area contributed by atoms with E-state index in [9.17, 15) is 4.39 Å². The van der Waals surface area contributed by atoms with Gasteiger partial charge in [-0.2, -0.15) is 5.26 Å². The molecule has 2 aromatic rings. The minimum absolute atomic E-state index is 0.253. The molecule has 88 valence electrons. The van der Waals surface area contributed by atoms with Gasteiger partial charge in [-0.15, -0.1) is 0 Å². The summed E-state index contributed by atoms with van der Waals surface area (Å²) in [6.07, 6.45) is 2.47. The maximum Gasteiger partial charge on any atom is 0.134 e. The minimum atomic E-state index is -0.253. The van der Waals surface area contributed by atoms with Gasteiger partial charge in [-0.3, -0.25) is 0 Å². The van der Waals surface area contributed by atoms with Crippen LogP contribution in [0.4, 0.5) is 15.9 Å². The van der Waals surface area contributed by atoms with E-state index >= 15 is 0 Å². The zero-order chi connectivity index (χ0) is 12.5. The fourth-order valence-electron chi connectivity index (χ4n) is 2.23. The molecule has 0 aliphatic carbocycles. The maximum atomic E-state index is 13.3. The smallest absolute Gasteiger partial charge is 0.134 e. The Bertz CT molecular complexity index is 646. The Morgan fingerprint density at radius 3 is 3.00 bits per heavy atom. The summed E-state index contributed by atoms with van der Waals surface area (Å²) in [6.45, 7) is 0.765. The van der Waals surface area contributed by atoms with Gasteiger partial charge in [0.05, 0.1) is 11.6 Å². The van der Waals surface area contributed by atoms with Crippen molar-refractivity contribution in [2.24, 2.45) is 0 Å². The highest BCUT2D eigenvalue weighted by atomic mass is 19.1. The predicted octanol–water partition coefficient (Wildman–Crippen LogP) is 2.79. The van der Waals surface area contributed by atoms with E-state index in [4.69, 9.17) is 5.26 Å². The molecule has 0 N–H and O–H groups in total. The van der Waals surface area contributed by atoms with Crippen molar-refractivity contribution >= 4 is 11.5 Å². The normalized spacial score (nSPS) is 13.2. The quantitative estimate of drug-likeness (QED) is 0.768. The minimum Gasteiger partial charge on any atom is -0.326 e. The summed E-state index contributed by atoms with van der Waals surface area (Å²) in [7, 11) is 0. The van der Waals surface area contributed by atoms with E-state index in [1.807, 2.05) is 4.90 Å². The monoisotopic (exact) mass is 239 g/mol. The lowest BCUT2D eigenvalue weighted by Gasteiger charge is -2.18. The van der Waals surface area contributed by atoms with Crippen molar-refractivity contribution < 1.29 is 4.39 Å². The molecule has 0 fully saturated rings. The highest BCUT2D eigenvalue weighted by Gasteiger charge is 2.21. The maximum absolute atomic E-state index is 13.3. The Labute approximate surface area is 104 Å². The highest BCUT2D eigenvalue weighted by molar-refractivity contribution is 5.68. The average Bonchev–Trinajstić information content (AvgIpc) is 2.81. The zero-order valence-corrected chi connectivity index (χ0v) is 9.60. The number of fused-ring (bicyclic) bond motifs is 1. The molecule has 4 heteroatoms. The number of benzene rings is 1. The average molecular weight is 239 g/mol. The van der Waals surface area contributed by atoms with Gasteiger partial charge < -0.3 is 4.90 Å². The molecule has 0 unspecified atom stereocenters. The lowest BCUT2D eigenvalue weighted by atomic mass is 10.2. The van der Waals surface area contributed by atoms with Crippen molar-refractivity contribution in [1.29, 1.82) is 5.26 Å². The topological polar surface area (TPSA) is 39.9 Å². The molecule has 1 aliphatic heterocycles. The molecule has 0 radical (unpaired) electrons. The molecule has 0 bridgehead atoms. The summed E-state index contributed by atoms with van der Waals surface area (Å²) < 4.78 is 13.3. The van der Waals surface area contributed by atoms with E-state index in [1.54, 1.807) is 24.4 Å². The fraction of sp³-hybridized carbons (Fsp3) is 0.143. The molecular weight excluding hydrogens is 229 g/mol. The van der Waals surface area contributed by atoms with Gasteiger partial charge in [-0.1, -0.05) is 6.07 Å². The van der Waals surface area contributed by atoms with Crippen molar-refractivity contribution in [1.82, 2.24) is 4.98 Å². The van der Waals surface area contributed by atoms with Crippen LogP contribution in [0.25, 0.3) is 0 Å². The van der Waals surface area contributed by atoms with Gasteiger partial charge in [0.15, 0.2) is 0 Å². The molecule has 18 heavy (non-hydrogen) atoms. The van der Waals surface area contributed by atoms with Crippen molar-refractivity contribution in [2.45, 2.75) is 6.42 Å². The molecule has 2 heterocycles. The van der Waals surface area contributed by atoms with Crippen LogP contribution < -0.4 is 4.90 Å². The van der Waals surface area contributed by atoms with E-state index in [2.05, 4.69) is 11.1 Å². The summed E-state index contributed by atoms with van der Waals surface area (Å²) in [4.78, 5) is 6.19. The van der Waals surface area contributed by atoms with E-state index in [1.165, 1.54) is 12.1 Å². The predicted molar refractivity (Wildman–Crippen MR) is 66.1 cm³/mol. The van der Waals surface area contributed by atoms with Crippen molar-refractivity contribution in [2.75, 3.05) is 11.4 Å². The van der Waals surface area contributed by atoms with Crippen LogP contribution in [0, 0.1) is 17.1 Å². The first kappa shape index (κ1) is 10.7. The SMILES string of the molecule is N#Cc1ccnc(N2CCc3ccc(F)cc32)c1. The molecule has 1 aromatic heterocycles. The molecule has 1 aromatic carbocycles. The molecule has 1 aliphatic rings. The summed E-state index contributed by atoms with van der Waals surface area (Å²) in [6, 6.07) is 10.3. The third-order valence-corrected chi connectivity index (χ3v) is 3.09. The van der Waals surface area contributed by atoms with Crippen LogP contribution in [0.5, 0.6) is 0 Å². The van der Waals surface area contributed by atoms with Crippen molar-refractivity contribution in [3.8, 4) is 6.07 Å². The second-order valence-corrected chi connectivity index (χ2v) is 4.19. The van der Waals surface area contributed by atoms with Gasteiger partial charge in [0, 0.05) is 18.4 Å².